The zero-order chi connectivity index (χ0) is 18.4. The summed E-state index contributed by atoms with van der Waals surface area (Å²) in [6.45, 7) is 0.523. The Hall–Kier alpha value is -2.52. The molecular formula is C18H20N6O2S. The molecule has 1 aliphatic carbocycles. The second-order valence-electron chi connectivity index (χ2n) is 7.08. The quantitative estimate of drug-likeness (QED) is 0.720. The Morgan fingerprint density at radius 1 is 1.41 bits per heavy atom. The van der Waals surface area contributed by atoms with Crippen LogP contribution in [0.4, 0.5) is 10.5 Å². The number of amides is 2. The minimum atomic E-state index is -0.165. The molecule has 0 spiro atoms. The third-order valence-corrected chi connectivity index (χ3v) is 6.01. The molecule has 2 N–H and O–H groups in total. The molecule has 0 radical (unpaired) electrons. The summed E-state index contributed by atoms with van der Waals surface area (Å²) in [5, 5.41) is 10.4. The van der Waals surface area contributed by atoms with Crippen molar-refractivity contribution >= 4 is 33.3 Å². The third kappa shape index (κ3) is 3.17. The Morgan fingerprint density at radius 2 is 2.30 bits per heavy atom. The van der Waals surface area contributed by atoms with Crippen LogP contribution in [-0.2, 0) is 4.74 Å². The van der Waals surface area contributed by atoms with Gasteiger partial charge in [-0.05, 0) is 31.0 Å². The summed E-state index contributed by atoms with van der Waals surface area (Å²) in [5.41, 5.74) is 3.50. The normalized spacial score (nSPS) is 22.5. The van der Waals surface area contributed by atoms with Gasteiger partial charge in [-0.3, -0.25) is 5.10 Å². The molecule has 5 rings (SSSR count). The fraction of sp³-hybridized carbons (Fsp3) is 0.444. The first-order valence-corrected chi connectivity index (χ1v) is 9.95. The van der Waals surface area contributed by atoms with Gasteiger partial charge in [-0.2, -0.15) is 5.10 Å². The lowest BCUT2D eigenvalue weighted by atomic mass is 10.2. The van der Waals surface area contributed by atoms with Crippen molar-refractivity contribution in [3.05, 3.63) is 35.4 Å². The summed E-state index contributed by atoms with van der Waals surface area (Å²) in [7, 11) is 1.68. The van der Waals surface area contributed by atoms with Crippen molar-refractivity contribution in [2.24, 2.45) is 0 Å². The number of methoxy groups -OCH3 is 1. The van der Waals surface area contributed by atoms with Crippen molar-refractivity contribution in [3.8, 4) is 0 Å². The molecule has 0 unspecified atom stereocenters. The van der Waals surface area contributed by atoms with Crippen LogP contribution in [0.5, 0.6) is 0 Å². The monoisotopic (exact) mass is 384 g/mol. The maximum absolute atomic E-state index is 13.0. The van der Waals surface area contributed by atoms with Crippen LogP contribution in [0.15, 0.2) is 23.7 Å². The predicted octanol–water partition coefficient (Wildman–Crippen LogP) is 3.29. The van der Waals surface area contributed by atoms with Crippen LogP contribution in [0, 0.1) is 0 Å². The lowest BCUT2D eigenvalue weighted by molar-refractivity contribution is 0.111. The summed E-state index contributed by atoms with van der Waals surface area (Å²) < 4.78 is 6.56. The number of rotatable bonds is 4. The summed E-state index contributed by atoms with van der Waals surface area (Å²) >= 11 is 1.55. The van der Waals surface area contributed by atoms with Gasteiger partial charge >= 0.3 is 6.03 Å². The van der Waals surface area contributed by atoms with Gasteiger partial charge in [0.15, 0.2) is 5.82 Å². The first kappa shape index (κ1) is 16.6. The van der Waals surface area contributed by atoms with Gasteiger partial charge in [0.25, 0.3) is 0 Å². The van der Waals surface area contributed by atoms with Crippen LogP contribution in [0.2, 0.25) is 0 Å². The average molecular weight is 384 g/mol. The topological polar surface area (TPSA) is 96.0 Å². The number of fused-ring (bicyclic) bond motifs is 1. The van der Waals surface area contributed by atoms with Crippen molar-refractivity contribution in [2.45, 2.75) is 37.3 Å². The maximum atomic E-state index is 13.0. The van der Waals surface area contributed by atoms with Gasteiger partial charge in [-0.25, -0.2) is 14.8 Å². The lowest BCUT2D eigenvalue weighted by Gasteiger charge is -2.23. The van der Waals surface area contributed by atoms with Gasteiger partial charge in [0, 0.05) is 31.7 Å². The molecule has 2 aliphatic rings. The highest BCUT2D eigenvalue weighted by Gasteiger charge is 2.39. The van der Waals surface area contributed by atoms with E-state index in [0.29, 0.717) is 18.9 Å². The van der Waals surface area contributed by atoms with Crippen LogP contribution in [0.3, 0.4) is 0 Å². The van der Waals surface area contributed by atoms with E-state index in [-0.39, 0.29) is 18.2 Å². The number of ether oxygens (including phenoxy) is 1. The molecule has 1 saturated carbocycles. The molecule has 0 bridgehead atoms. The van der Waals surface area contributed by atoms with Gasteiger partial charge in [-0.15, -0.1) is 11.3 Å². The van der Waals surface area contributed by atoms with Gasteiger partial charge in [0.2, 0.25) is 0 Å². The highest BCUT2D eigenvalue weighted by molar-refractivity contribution is 7.16. The average Bonchev–Trinajstić information content (AvgIpc) is 3.11. The van der Waals surface area contributed by atoms with Crippen molar-refractivity contribution in [3.63, 3.8) is 0 Å². The van der Waals surface area contributed by atoms with Gasteiger partial charge in [0.1, 0.15) is 5.82 Å². The molecule has 1 saturated heterocycles. The van der Waals surface area contributed by atoms with E-state index in [1.54, 1.807) is 28.9 Å². The summed E-state index contributed by atoms with van der Waals surface area (Å²) in [5.74, 6) is 2.08. The van der Waals surface area contributed by atoms with E-state index in [1.807, 2.05) is 18.2 Å². The number of hydrogen-bond donors (Lipinski definition) is 2. The first-order valence-electron chi connectivity index (χ1n) is 9.07. The Bertz CT molecular complexity index is 981. The van der Waals surface area contributed by atoms with E-state index in [2.05, 4.69) is 25.5 Å². The molecule has 2 fully saturated rings. The van der Waals surface area contributed by atoms with Gasteiger partial charge in [0.05, 0.1) is 27.9 Å². The standard InChI is InChI=1S/C18H20N6O2S/c1-26-12-7-14(17-21-16(22-23-17)10-2-3-10)24(8-12)18(25)20-11-4-5-13-15(6-11)27-9-19-13/h4-6,9-10,12,14H,2-3,7-8H2,1H3,(H,20,25)(H,21,22,23)/t12-,14+/m1/s1. The number of urea groups is 1. The number of nitrogens with zero attached hydrogens (tertiary/aromatic N) is 4. The van der Waals surface area contributed by atoms with Crippen LogP contribution in [0.1, 0.15) is 42.9 Å². The van der Waals surface area contributed by atoms with Crippen molar-refractivity contribution < 1.29 is 9.53 Å². The van der Waals surface area contributed by atoms with Crippen LogP contribution < -0.4 is 5.32 Å². The molecule has 2 atom stereocenters. The van der Waals surface area contributed by atoms with E-state index in [9.17, 15) is 4.79 Å². The number of aromatic amines is 1. The van der Waals surface area contributed by atoms with E-state index in [1.165, 1.54) is 0 Å². The van der Waals surface area contributed by atoms with Crippen LogP contribution >= 0.6 is 11.3 Å². The number of anilines is 1. The number of thiazole rings is 1. The van der Waals surface area contributed by atoms with E-state index in [4.69, 9.17) is 4.74 Å². The van der Waals surface area contributed by atoms with Crippen molar-refractivity contribution in [2.75, 3.05) is 19.0 Å². The largest absolute Gasteiger partial charge is 0.380 e. The number of hydrogen-bond acceptors (Lipinski definition) is 6. The van der Waals surface area contributed by atoms with Crippen LogP contribution in [0.25, 0.3) is 10.2 Å². The van der Waals surface area contributed by atoms with Gasteiger partial charge in [-0.1, -0.05) is 0 Å². The lowest BCUT2D eigenvalue weighted by Crippen LogP contribution is -2.36. The molecular weight excluding hydrogens is 364 g/mol. The fourth-order valence-corrected chi connectivity index (χ4v) is 4.26. The molecule has 2 amide bonds. The molecule has 8 nitrogen and oxygen atoms in total. The number of carbonyl (C=O) groups is 1. The minimum Gasteiger partial charge on any atom is -0.380 e. The Labute approximate surface area is 160 Å². The maximum Gasteiger partial charge on any atom is 0.322 e. The number of likely N-dealkylation sites (tertiary alicyclic amines) is 1. The van der Waals surface area contributed by atoms with E-state index in [0.717, 1.165) is 40.4 Å². The number of nitrogens with one attached hydrogen (secondary N) is 2. The Kier molecular flexibility index (Phi) is 4.05. The van der Waals surface area contributed by atoms with Crippen molar-refractivity contribution in [1.29, 1.82) is 0 Å². The Balaban J connectivity index is 1.37. The highest BCUT2D eigenvalue weighted by Crippen LogP contribution is 2.39. The summed E-state index contributed by atoms with van der Waals surface area (Å²) in [4.78, 5) is 23.7. The molecule has 1 aromatic carbocycles. The van der Waals surface area contributed by atoms with Crippen LogP contribution in [-0.4, -0.2) is 50.9 Å². The minimum absolute atomic E-state index is 0.0146. The smallest absolute Gasteiger partial charge is 0.322 e. The highest BCUT2D eigenvalue weighted by atomic mass is 32.1. The van der Waals surface area contributed by atoms with Gasteiger partial charge < -0.3 is 15.0 Å². The first-order chi connectivity index (χ1) is 13.2. The third-order valence-electron chi connectivity index (χ3n) is 5.22. The molecule has 1 aliphatic heterocycles. The molecule has 2 aromatic heterocycles. The number of carbonyl (C=O) groups excluding carboxylic acids is 1. The second kappa shape index (κ2) is 6.58. The second-order valence-corrected chi connectivity index (χ2v) is 7.97. The SMILES string of the molecule is CO[C@@H]1C[C@@H](c2nc(C3CC3)n[nH]2)N(C(=O)Nc2ccc3ncsc3c2)C1. The molecule has 9 heteroatoms. The van der Waals surface area contributed by atoms with Crippen molar-refractivity contribution in [1.82, 2.24) is 25.1 Å². The number of aromatic nitrogens is 4. The zero-order valence-electron chi connectivity index (χ0n) is 14.9. The Morgan fingerprint density at radius 3 is 3.11 bits per heavy atom. The predicted molar refractivity (Wildman–Crippen MR) is 102 cm³/mol. The summed E-state index contributed by atoms with van der Waals surface area (Å²) in [6.07, 6.45) is 2.98. The summed E-state index contributed by atoms with van der Waals surface area (Å²) in [6, 6.07) is 5.41. The zero-order valence-corrected chi connectivity index (χ0v) is 15.7. The molecule has 3 heterocycles. The molecule has 27 heavy (non-hydrogen) atoms. The van der Waals surface area contributed by atoms with E-state index >= 15 is 0 Å². The van der Waals surface area contributed by atoms with E-state index < -0.39 is 0 Å². The molecule has 3 aromatic rings. The molecule has 140 valence electrons. The number of H-pyrrole nitrogens is 1. The number of benzene rings is 1. The fourth-order valence-electron chi connectivity index (χ4n) is 3.54.